The molecule has 3 aliphatic heterocycles. The molecule has 7 rings (SSSR count). The van der Waals surface area contributed by atoms with Crippen LogP contribution < -0.4 is 20.3 Å². The third-order valence-corrected chi connectivity index (χ3v) is 9.09. The van der Waals surface area contributed by atoms with E-state index < -0.39 is 29.8 Å². The van der Waals surface area contributed by atoms with Crippen molar-refractivity contribution in [3.63, 3.8) is 0 Å². The van der Waals surface area contributed by atoms with Crippen LogP contribution in [0.1, 0.15) is 50.0 Å². The first-order valence-corrected chi connectivity index (χ1v) is 15.1. The normalized spacial score (nSPS) is 20.7. The number of nitrogens with zero attached hydrogens (tertiary/aromatic N) is 5. The average Bonchev–Trinajstić information content (AvgIpc) is 3.83. The van der Waals surface area contributed by atoms with Gasteiger partial charge in [0.05, 0.1) is 42.7 Å². The lowest BCUT2D eigenvalue weighted by Crippen LogP contribution is -2.51. The monoisotopic (exact) mass is 637 g/mol. The van der Waals surface area contributed by atoms with E-state index in [0.29, 0.717) is 37.5 Å². The number of hydrogen-bond acceptors (Lipinski definition) is 7. The third-order valence-electron chi connectivity index (χ3n) is 9.09. The van der Waals surface area contributed by atoms with E-state index >= 15 is 8.78 Å². The van der Waals surface area contributed by atoms with Crippen LogP contribution in [0.15, 0.2) is 79.0 Å². The van der Waals surface area contributed by atoms with Crippen molar-refractivity contribution in [2.24, 2.45) is 0 Å². The second-order valence-corrected chi connectivity index (χ2v) is 11.7. The molecule has 3 amide bonds. The van der Waals surface area contributed by atoms with Gasteiger partial charge in [-0.15, -0.1) is 0 Å². The standard InChI is InChI=1S/C34H29F2N7O4/c1-47-29-12-7-20(15-21(29)16-37)31(44)40-25-17-39-43-28-19-41(26-13-14-38-32(26)45)18-27(28)42(33(46)30(25)43)24-10-8-23(9-11-24)34(35,36)22-5-3-2-4-6-22/h2-12,15,17,26-28H,13-14,18-19H2,1H3,(H,38,45)(H,40,44)/t26?,27-,28-/m0/s1. The largest absolute Gasteiger partial charge is 0.495 e. The van der Waals surface area contributed by atoms with E-state index in [-0.39, 0.29) is 45.6 Å². The quantitative estimate of drug-likeness (QED) is 0.314. The number of aromatic nitrogens is 2. The minimum absolute atomic E-state index is 0.0844. The molecule has 0 radical (unpaired) electrons. The summed E-state index contributed by atoms with van der Waals surface area (Å²) in [5.41, 5.74) is 0.644. The van der Waals surface area contributed by atoms with Crippen molar-refractivity contribution >= 4 is 29.1 Å². The molecule has 238 valence electrons. The number of carbonyl (C=O) groups is 3. The van der Waals surface area contributed by atoms with Gasteiger partial charge in [0, 0.05) is 42.0 Å². The van der Waals surface area contributed by atoms with Gasteiger partial charge < -0.3 is 20.3 Å². The molecule has 4 aromatic rings. The lowest BCUT2D eigenvalue weighted by atomic mass is 9.99. The molecule has 4 heterocycles. The van der Waals surface area contributed by atoms with E-state index in [1.807, 2.05) is 11.0 Å². The van der Waals surface area contributed by atoms with E-state index in [4.69, 9.17) is 4.74 Å². The molecular weight excluding hydrogens is 608 g/mol. The maximum absolute atomic E-state index is 15.4. The van der Waals surface area contributed by atoms with Gasteiger partial charge in [0.2, 0.25) is 5.91 Å². The summed E-state index contributed by atoms with van der Waals surface area (Å²) in [4.78, 5) is 43.9. The average molecular weight is 638 g/mol. The molecule has 3 aromatic carbocycles. The van der Waals surface area contributed by atoms with Crippen LogP contribution in [0.2, 0.25) is 0 Å². The van der Waals surface area contributed by atoms with Crippen molar-refractivity contribution in [2.75, 3.05) is 37.0 Å². The van der Waals surface area contributed by atoms with Gasteiger partial charge in [-0.2, -0.15) is 19.1 Å². The highest BCUT2D eigenvalue weighted by Gasteiger charge is 2.50. The molecule has 47 heavy (non-hydrogen) atoms. The smallest absolute Gasteiger partial charge is 0.298 e. The van der Waals surface area contributed by atoms with E-state index in [9.17, 15) is 19.6 Å². The Morgan fingerprint density at radius 3 is 2.45 bits per heavy atom. The van der Waals surface area contributed by atoms with Crippen LogP contribution in [0.25, 0.3) is 0 Å². The van der Waals surface area contributed by atoms with Crippen molar-refractivity contribution in [1.82, 2.24) is 20.0 Å². The van der Waals surface area contributed by atoms with E-state index in [2.05, 4.69) is 15.7 Å². The van der Waals surface area contributed by atoms with E-state index in [0.717, 1.165) is 0 Å². The molecule has 3 aliphatic rings. The zero-order valence-corrected chi connectivity index (χ0v) is 25.2. The first-order valence-electron chi connectivity index (χ1n) is 15.1. The van der Waals surface area contributed by atoms with Crippen molar-refractivity contribution in [3.05, 3.63) is 107 Å². The van der Waals surface area contributed by atoms with Crippen LogP contribution in [0.3, 0.4) is 0 Å². The molecule has 0 bridgehead atoms. The predicted molar refractivity (Wildman–Crippen MR) is 166 cm³/mol. The highest BCUT2D eigenvalue weighted by Crippen LogP contribution is 2.41. The molecule has 2 saturated heterocycles. The molecule has 1 aromatic heterocycles. The molecule has 2 fully saturated rings. The molecule has 0 saturated carbocycles. The van der Waals surface area contributed by atoms with Gasteiger partial charge in [0.1, 0.15) is 11.8 Å². The van der Waals surface area contributed by atoms with Crippen molar-refractivity contribution in [1.29, 1.82) is 5.26 Å². The summed E-state index contributed by atoms with van der Waals surface area (Å²) in [7, 11) is 1.42. The SMILES string of the molecule is COc1ccc(C(=O)Nc2cnn3c2C(=O)N(c2ccc(C(F)(F)c4ccccc4)cc2)[C@H]2CN(C4CCNC4=O)C[C@@H]23)cc1C#N. The van der Waals surface area contributed by atoms with E-state index in [1.165, 1.54) is 67.9 Å². The zero-order valence-electron chi connectivity index (χ0n) is 25.2. The Kier molecular flexibility index (Phi) is 7.44. The van der Waals surface area contributed by atoms with Crippen LogP contribution in [0.5, 0.6) is 5.75 Å². The fourth-order valence-corrected chi connectivity index (χ4v) is 6.74. The second-order valence-electron chi connectivity index (χ2n) is 11.7. The maximum Gasteiger partial charge on any atom is 0.298 e. The number of methoxy groups -OCH3 is 1. The molecule has 0 aliphatic carbocycles. The van der Waals surface area contributed by atoms with Gasteiger partial charge >= 0.3 is 0 Å². The van der Waals surface area contributed by atoms with Gasteiger partial charge in [0.15, 0.2) is 5.69 Å². The van der Waals surface area contributed by atoms with Crippen LogP contribution in [-0.4, -0.2) is 71.2 Å². The first kappa shape index (κ1) is 30.1. The Hall–Kier alpha value is -5.61. The van der Waals surface area contributed by atoms with E-state index in [1.54, 1.807) is 27.8 Å². The molecule has 1 unspecified atom stereocenters. The number of amides is 3. The molecule has 3 atom stereocenters. The fourth-order valence-electron chi connectivity index (χ4n) is 6.74. The summed E-state index contributed by atoms with van der Waals surface area (Å²) < 4.78 is 37.5. The summed E-state index contributed by atoms with van der Waals surface area (Å²) >= 11 is 0. The fraction of sp³-hybridized carbons (Fsp3) is 0.265. The summed E-state index contributed by atoms with van der Waals surface area (Å²) in [6, 6.07) is 18.3. The molecular formula is C34H29F2N7O4. The van der Waals surface area contributed by atoms with Crippen molar-refractivity contribution in [3.8, 4) is 11.8 Å². The Morgan fingerprint density at radius 1 is 1.04 bits per heavy atom. The third kappa shape index (κ3) is 5.07. The lowest BCUT2D eigenvalue weighted by Gasteiger charge is -2.37. The highest BCUT2D eigenvalue weighted by atomic mass is 19.3. The molecule has 2 N–H and O–H groups in total. The van der Waals surface area contributed by atoms with Crippen LogP contribution in [-0.2, 0) is 10.7 Å². The minimum atomic E-state index is -3.25. The number of benzene rings is 3. The summed E-state index contributed by atoms with van der Waals surface area (Å²) in [6.45, 7) is 1.32. The summed E-state index contributed by atoms with van der Waals surface area (Å²) in [5, 5.41) is 19.6. The number of rotatable bonds is 7. The van der Waals surface area contributed by atoms with Crippen LogP contribution in [0.4, 0.5) is 20.2 Å². The number of nitrogens with one attached hydrogen (secondary N) is 2. The lowest BCUT2D eigenvalue weighted by molar-refractivity contribution is -0.123. The Morgan fingerprint density at radius 2 is 1.77 bits per heavy atom. The number of fused-ring (bicyclic) bond motifs is 3. The highest BCUT2D eigenvalue weighted by molar-refractivity contribution is 6.13. The Bertz CT molecular complexity index is 1920. The summed E-state index contributed by atoms with van der Waals surface area (Å²) in [5.74, 6) is -4.06. The van der Waals surface area contributed by atoms with Crippen molar-refractivity contribution < 1.29 is 27.9 Å². The van der Waals surface area contributed by atoms with Gasteiger partial charge in [-0.3, -0.25) is 24.0 Å². The maximum atomic E-state index is 15.4. The second kappa shape index (κ2) is 11.6. The number of ether oxygens (including phenoxy) is 1. The number of likely N-dealkylation sites (tertiary alicyclic amines) is 1. The van der Waals surface area contributed by atoms with Crippen LogP contribution in [0, 0.1) is 11.3 Å². The number of hydrogen-bond donors (Lipinski definition) is 2. The molecule has 13 heteroatoms. The van der Waals surface area contributed by atoms with Gasteiger partial charge in [-0.1, -0.05) is 42.5 Å². The first-order chi connectivity index (χ1) is 22.7. The zero-order chi connectivity index (χ0) is 32.9. The minimum Gasteiger partial charge on any atom is -0.495 e. The van der Waals surface area contributed by atoms with Crippen LogP contribution >= 0.6 is 0 Å². The molecule has 11 nitrogen and oxygen atoms in total. The van der Waals surface area contributed by atoms with Gasteiger partial charge in [-0.25, -0.2) is 0 Å². The number of anilines is 2. The van der Waals surface area contributed by atoms with Crippen molar-refractivity contribution in [2.45, 2.75) is 30.5 Å². The number of halogens is 2. The molecule has 0 spiro atoms. The Labute approximate surface area is 268 Å². The number of nitriles is 1. The summed E-state index contributed by atoms with van der Waals surface area (Å²) in [6.07, 6.45) is 2.02. The number of alkyl halides is 2. The topological polar surface area (TPSA) is 133 Å². The van der Waals surface area contributed by atoms with Gasteiger partial charge in [0.25, 0.3) is 17.7 Å². The van der Waals surface area contributed by atoms with Gasteiger partial charge in [-0.05, 0) is 36.8 Å². The predicted octanol–water partition coefficient (Wildman–Crippen LogP) is 3.93. The Balaban J connectivity index is 1.24. The number of carbonyl (C=O) groups excluding carboxylic acids is 3.